The molecule has 0 fully saturated rings. The Balaban J connectivity index is 1.21. The van der Waals surface area contributed by atoms with Crippen LogP contribution in [0.15, 0.2) is 51.6 Å². The van der Waals surface area contributed by atoms with Crippen molar-refractivity contribution >= 4 is 23.4 Å². The molecule has 31 heavy (non-hydrogen) atoms. The molecule has 0 radical (unpaired) electrons. The van der Waals surface area contributed by atoms with E-state index in [9.17, 15) is 9.59 Å². The van der Waals surface area contributed by atoms with Gasteiger partial charge in [0, 0.05) is 23.6 Å². The van der Waals surface area contributed by atoms with Crippen LogP contribution < -0.4 is 10.6 Å². The van der Waals surface area contributed by atoms with Crippen molar-refractivity contribution in [3.63, 3.8) is 0 Å². The lowest BCUT2D eigenvalue weighted by atomic mass is 10.2. The van der Waals surface area contributed by atoms with Gasteiger partial charge in [-0.05, 0) is 24.3 Å². The van der Waals surface area contributed by atoms with Crippen LogP contribution in [-0.2, 0) is 22.6 Å². The summed E-state index contributed by atoms with van der Waals surface area (Å²) in [5, 5.41) is 16.0. The van der Waals surface area contributed by atoms with E-state index in [1.165, 1.54) is 6.26 Å². The largest absolute Gasteiger partial charge is 0.461 e. The van der Waals surface area contributed by atoms with Gasteiger partial charge in [-0.1, -0.05) is 28.9 Å². The number of carbonyl (C=O) groups excluding carboxylic acids is 2. The molecule has 0 atom stereocenters. The maximum atomic E-state index is 11.9. The van der Waals surface area contributed by atoms with Crippen LogP contribution in [0.2, 0.25) is 5.02 Å². The minimum absolute atomic E-state index is 0.00656. The molecule has 0 aliphatic rings. The first kappa shape index (κ1) is 20.3. The van der Waals surface area contributed by atoms with E-state index in [2.05, 4.69) is 36.0 Å². The number of nitrogens with zero attached hydrogens (tertiary/aromatic N) is 4. The van der Waals surface area contributed by atoms with E-state index in [0.717, 1.165) is 0 Å². The number of amides is 2. The van der Waals surface area contributed by atoms with E-state index in [-0.39, 0.29) is 19.5 Å². The quantitative estimate of drug-likeness (QED) is 0.367. The zero-order valence-corrected chi connectivity index (χ0v) is 16.7. The zero-order chi connectivity index (χ0) is 21.6. The van der Waals surface area contributed by atoms with Crippen molar-refractivity contribution in [2.24, 2.45) is 0 Å². The molecule has 3 heterocycles. The van der Waals surface area contributed by atoms with Crippen molar-refractivity contribution in [2.45, 2.75) is 13.0 Å². The summed E-state index contributed by atoms with van der Waals surface area (Å²) >= 11 is 5.95. The van der Waals surface area contributed by atoms with Crippen molar-refractivity contribution < 1.29 is 18.5 Å². The van der Waals surface area contributed by atoms with Gasteiger partial charge in [-0.15, -0.1) is 5.10 Å². The Morgan fingerprint density at radius 2 is 1.94 bits per heavy atom. The molecule has 0 saturated heterocycles. The Morgan fingerprint density at radius 1 is 1.06 bits per heavy atom. The molecule has 4 aromatic rings. The maximum absolute atomic E-state index is 11.9. The summed E-state index contributed by atoms with van der Waals surface area (Å²) < 4.78 is 10.3. The first-order valence-electron chi connectivity index (χ1n) is 9.18. The first-order valence-corrected chi connectivity index (χ1v) is 9.56. The van der Waals surface area contributed by atoms with Crippen LogP contribution in [0.4, 0.5) is 0 Å². The Labute approximate surface area is 180 Å². The summed E-state index contributed by atoms with van der Waals surface area (Å²) in [6.07, 6.45) is 1.77. The molecule has 0 unspecified atom stereocenters. The number of aromatic nitrogens is 5. The fourth-order valence-corrected chi connectivity index (χ4v) is 2.79. The molecular formula is C19H16ClN7O4. The molecule has 0 saturated carbocycles. The molecule has 4 rings (SSSR count). The number of rotatable bonds is 7. The van der Waals surface area contributed by atoms with Crippen LogP contribution in [0, 0.1) is 0 Å². The summed E-state index contributed by atoms with van der Waals surface area (Å²) in [5.41, 5.74) is 0.716. The molecule has 0 spiro atoms. The number of carbonyl (C=O) groups is 2. The first-order chi connectivity index (χ1) is 15.1. The van der Waals surface area contributed by atoms with Crippen LogP contribution in [0.3, 0.4) is 0 Å². The van der Waals surface area contributed by atoms with Gasteiger partial charge in [0.1, 0.15) is 5.82 Å². The van der Waals surface area contributed by atoms with Crippen LogP contribution >= 0.6 is 11.6 Å². The summed E-state index contributed by atoms with van der Waals surface area (Å²) in [4.78, 5) is 32.3. The third-order valence-corrected chi connectivity index (χ3v) is 4.31. The summed E-state index contributed by atoms with van der Waals surface area (Å²) in [5.74, 6) is 0.347. The van der Waals surface area contributed by atoms with Gasteiger partial charge in [0.2, 0.25) is 17.5 Å². The van der Waals surface area contributed by atoms with E-state index in [1.807, 2.05) is 0 Å². The predicted octanol–water partition coefficient (Wildman–Crippen LogP) is 1.74. The number of H-pyrrole nitrogens is 1. The van der Waals surface area contributed by atoms with Gasteiger partial charge < -0.3 is 19.6 Å². The number of benzene rings is 1. The predicted molar refractivity (Wildman–Crippen MR) is 107 cm³/mol. The van der Waals surface area contributed by atoms with Gasteiger partial charge in [0.15, 0.2) is 5.76 Å². The molecule has 3 N–H and O–H groups in total. The summed E-state index contributed by atoms with van der Waals surface area (Å²) in [7, 11) is 0. The van der Waals surface area contributed by atoms with E-state index in [0.29, 0.717) is 39.7 Å². The van der Waals surface area contributed by atoms with Gasteiger partial charge in [-0.25, -0.2) is 4.98 Å². The molecule has 158 valence electrons. The van der Waals surface area contributed by atoms with Crippen LogP contribution in [0.25, 0.3) is 23.0 Å². The third-order valence-electron chi connectivity index (χ3n) is 4.07. The highest BCUT2D eigenvalue weighted by molar-refractivity contribution is 6.35. The molecule has 12 heteroatoms. The molecule has 0 aliphatic carbocycles. The summed E-state index contributed by atoms with van der Waals surface area (Å²) in [6, 6.07) is 10.5. The van der Waals surface area contributed by atoms with Crippen LogP contribution in [0.5, 0.6) is 0 Å². The minimum atomic E-state index is -0.805. The Hall–Kier alpha value is -3.99. The second-order valence-corrected chi connectivity index (χ2v) is 6.73. The number of hydrogen-bond donors (Lipinski definition) is 3. The smallest absolute Gasteiger partial charge is 0.309 e. The van der Waals surface area contributed by atoms with Crippen molar-refractivity contribution in [3.05, 3.63) is 59.4 Å². The Bertz CT molecular complexity index is 1190. The highest BCUT2D eigenvalue weighted by atomic mass is 35.5. The topological polar surface area (TPSA) is 152 Å². The highest BCUT2D eigenvalue weighted by Gasteiger charge is 2.15. The van der Waals surface area contributed by atoms with Crippen LogP contribution in [-0.4, -0.2) is 43.7 Å². The molecule has 1 aromatic carbocycles. The van der Waals surface area contributed by atoms with Gasteiger partial charge in [-0.2, -0.15) is 4.98 Å². The molecule has 0 bridgehead atoms. The van der Waals surface area contributed by atoms with Crippen LogP contribution in [0.1, 0.15) is 11.7 Å². The average Bonchev–Trinajstić information content (AvgIpc) is 3.53. The average molecular weight is 442 g/mol. The van der Waals surface area contributed by atoms with Gasteiger partial charge in [0.25, 0.3) is 0 Å². The molecule has 2 amide bonds. The number of aromatic amines is 1. The van der Waals surface area contributed by atoms with Gasteiger partial charge in [-0.3, -0.25) is 14.7 Å². The lowest BCUT2D eigenvalue weighted by Crippen LogP contribution is -2.40. The standard InChI is InChI=1S/C19H16ClN7O4/c20-12-4-1-3-11(9-12)16-24-15(31-27-16)6-7-21-18(28)19(29)22-10-14-23-17(26-25-14)13-5-2-8-30-13/h1-5,8-9H,6-7,10H2,(H,21,28)(H,22,29)(H,23,25,26). The molecular weight excluding hydrogens is 426 g/mol. The van der Waals surface area contributed by atoms with Gasteiger partial charge in [0.05, 0.1) is 12.8 Å². The summed E-state index contributed by atoms with van der Waals surface area (Å²) in [6.45, 7) is 0.154. The van der Waals surface area contributed by atoms with E-state index < -0.39 is 11.8 Å². The molecule has 0 aliphatic heterocycles. The van der Waals surface area contributed by atoms with Crippen molar-refractivity contribution in [1.82, 2.24) is 36.0 Å². The van der Waals surface area contributed by atoms with Crippen molar-refractivity contribution in [3.8, 4) is 23.0 Å². The Kier molecular flexibility index (Phi) is 6.03. The SMILES string of the molecule is O=C(NCCc1nc(-c2cccc(Cl)c2)no1)C(=O)NCc1nc(-c2ccco2)n[nH]1. The van der Waals surface area contributed by atoms with E-state index >= 15 is 0 Å². The lowest BCUT2D eigenvalue weighted by molar-refractivity contribution is -0.139. The molecule has 3 aromatic heterocycles. The normalized spacial score (nSPS) is 10.7. The maximum Gasteiger partial charge on any atom is 0.309 e. The fourth-order valence-electron chi connectivity index (χ4n) is 2.60. The number of halogens is 1. The van der Waals surface area contributed by atoms with Gasteiger partial charge >= 0.3 is 11.8 Å². The minimum Gasteiger partial charge on any atom is -0.461 e. The number of furan rings is 1. The van der Waals surface area contributed by atoms with E-state index in [4.69, 9.17) is 20.5 Å². The second kappa shape index (κ2) is 9.22. The van der Waals surface area contributed by atoms with Crippen molar-refractivity contribution in [1.29, 1.82) is 0 Å². The zero-order valence-electron chi connectivity index (χ0n) is 16.0. The highest BCUT2D eigenvalue weighted by Crippen LogP contribution is 2.20. The Morgan fingerprint density at radius 3 is 2.74 bits per heavy atom. The van der Waals surface area contributed by atoms with E-state index in [1.54, 1.807) is 36.4 Å². The number of nitrogens with one attached hydrogen (secondary N) is 3. The third kappa shape index (κ3) is 5.14. The lowest BCUT2D eigenvalue weighted by Gasteiger charge is -2.03. The van der Waals surface area contributed by atoms with Crippen molar-refractivity contribution in [2.75, 3.05) is 6.54 Å². The number of hydrogen-bond acceptors (Lipinski definition) is 8. The second-order valence-electron chi connectivity index (χ2n) is 6.29. The molecule has 11 nitrogen and oxygen atoms in total. The monoisotopic (exact) mass is 441 g/mol. The fraction of sp³-hybridized carbons (Fsp3) is 0.158.